The van der Waals surface area contributed by atoms with Crippen molar-refractivity contribution in [3.05, 3.63) is 47.5 Å². The van der Waals surface area contributed by atoms with Crippen LogP contribution in [0.15, 0.2) is 36.4 Å². The summed E-state index contributed by atoms with van der Waals surface area (Å²) in [6.45, 7) is 29.0. The van der Waals surface area contributed by atoms with E-state index >= 15 is 0 Å². The summed E-state index contributed by atoms with van der Waals surface area (Å²) in [6, 6.07) is 14.0. The minimum atomic E-state index is -0.571. The van der Waals surface area contributed by atoms with Crippen molar-refractivity contribution in [3.63, 3.8) is 0 Å². The zero-order valence-electron chi connectivity index (χ0n) is 27.4. The van der Waals surface area contributed by atoms with Gasteiger partial charge in [-0.2, -0.15) is 0 Å². The molecular formula is C36H54O2P2. The molecule has 40 heavy (non-hydrogen) atoms. The van der Waals surface area contributed by atoms with Crippen LogP contribution in [0.2, 0.25) is 0 Å². The van der Waals surface area contributed by atoms with Crippen molar-refractivity contribution in [2.45, 2.75) is 142 Å². The van der Waals surface area contributed by atoms with Crippen LogP contribution >= 0.6 is 15.8 Å². The number of hydrogen-bond donors (Lipinski definition) is 0. The molecule has 0 amide bonds. The van der Waals surface area contributed by atoms with Crippen LogP contribution in [-0.4, -0.2) is 26.4 Å². The van der Waals surface area contributed by atoms with Crippen LogP contribution in [0.5, 0.6) is 11.5 Å². The summed E-state index contributed by atoms with van der Waals surface area (Å²) in [5, 5.41) is 3.56. The molecule has 1 spiro atoms. The largest absolute Gasteiger partial charge is 0.451 e. The Hall–Kier alpha value is -1.10. The molecule has 3 aliphatic rings. The second-order valence-corrected chi connectivity index (χ2v) is 24.2. The maximum atomic E-state index is 7.49. The van der Waals surface area contributed by atoms with E-state index in [1.165, 1.54) is 41.0 Å². The Morgan fingerprint density at radius 3 is 1.25 bits per heavy atom. The third-order valence-corrected chi connectivity index (χ3v) is 16.1. The summed E-state index contributed by atoms with van der Waals surface area (Å²) >= 11 is 0. The van der Waals surface area contributed by atoms with Gasteiger partial charge in [0, 0.05) is 22.4 Å². The Morgan fingerprint density at radius 2 is 0.925 bits per heavy atom. The van der Waals surface area contributed by atoms with Gasteiger partial charge in [0.1, 0.15) is 11.5 Å². The van der Waals surface area contributed by atoms with Crippen molar-refractivity contribution >= 4 is 26.5 Å². The van der Waals surface area contributed by atoms with E-state index in [1.54, 1.807) is 0 Å². The molecule has 0 unspecified atom stereocenters. The monoisotopic (exact) mass is 580 g/mol. The predicted molar refractivity (Wildman–Crippen MR) is 177 cm³/mol. The third kappa shape index (κ3) is 5.28. The second kappa shape index (κ2) is 9.98. The molecule has 1 aliphatic carbocycles. The summed E-state index contributed by atoms with van der Waals surface area (Å²) in [4.78, 5) is 0. The molecule has 1 saturated carbocycles. The maximum absolute atomic E-state index is 7.49. The van der Waals surface area contributed by atoms with Crippen molar-refractivity contribution < 1.29 is 9.47 Å². The fraction of sp³-hybridized carbons (Fsp3) is 0.667. The van der Waals surface area contributed by atoms with Crippen molar-refractivity contribution in [2.24, 2.45) is 11.8 Å². The van der Waals surface area contributed by atoms with Gasteiger partial charge in [0.05, 0.1) is 0 Å². The molecule has 2 nitrogen and oxygen atoms in total. The zero-order chi connectivity index (χ0) is 29.5. The third-order valence-electron chi connectivity index (χ3n) is 9.02. The van der Waals surface area contributed by atoms with Gasteiger partial charge in [-0.1, -0.05) is 142 Å². The highest BCUT2D eigenvalue weighted by Gasteiger charge is 2.58. The molecule has 220 valence electrons. The Labute approximate surface area is 247 Å². The lowest BCUT2D eigenvalue weighted by Gasteiger charge is -2.55. The molecule has 1 fully saturated rings. The Bertz CT molecular complexity index is 1130. The highest BCUT2D eigenvalue weighted by molar-refractivity contribution is 7.69. The fourth-order valence-electron chi connectivity index (χ4n) is 8.55. The first kappa shape index (κ1) is 30.4. The quantitative estimate of drug-likeness (QED) is 0.329. The normalized spacial score (nSPS) is 24.9. The number of para-hydroxylation sites is 2. The molecule has 0 N–H and O–H groups in total. The molecular weight excluding hydrogens is 526 g/mol. The molecule has 2 atom stereocenters. The first-order valence-electron chi connectivity index (χ1n) is 15.6. The minimum absolute atomic E-state index is 0.176. The molecule has 0 radical (unpaired) electrons. The SMILES string of the molecule is CC(C)(C)P(c1cccc2c1OC13Oc4c(cccc4P(C(C)(C)C)C(C)(C)C)C[C@H]1CCC[C@@H]3C2)C(C)(C)C. The molecule has 2 aliphatic heterocycles. The van der Waals surface area contributed by atoms with E-state index in [0.717, 1.165) is 24.3 Å². The topological polar surface area (TPSA) is 18.5 Å². The van der Waals surface area contributed by atoms with E-state index in [9.17, 15) is 0 Å². The lowest BCUT2D eigenvalue weighted by Crippen LogP contribution is -2.62. The van der Waals surface area contributed by atoms with Gasteiger partial charge in [-0.3, -0.25) is 0 Å². The average Bonchev–Trinajstić information content (AvgIpc) is 2.77. The average molecular weight is 581 g/mol. The van der Waals surface area contributed by atoms with E-state index in [1.807, 2.05) is 0 Å². The molecule has 0 bridgehead atoms. The maximum Gasteiger partial charge on any atom is 0.257 e. The van der Waals surface area contributed by atoms with Crippen molar-refractivity contribution in [1.82, 2.24) is 0 Å². The molecule has 4 heteroatoms. The zero-order valence-corrected chi connectivity index (χ0v) is 29.2. The smallest absolute Gasteiger partial charge is 0.257 e. The Balaban J connectivity index is 1.67. The van der Waals surface area contributed by atoms with Crippen molar-refractivity contribution in [2.75, 3.05) is 0 Å². The molecule has 5 rings (SSSR count). The summed E-state index contributed by atoms with van der Waals surface area (Å²) < 4.78 is 15.0. The summed E-state index contributed by atoms with van der Waals surface area (Å²) in [5.41, 5.74) is 2.79. The fourth-order valence-corrected chi connectivity index (χ4v) is 16.7. The van der Waals surface area contributed by atoms with Gasteiger partial charge in [-0.25, -0.2) is 0 Å². The van der Waals surface area contributed by atoms with Gasteiger partial charge in [0.2, 0.25) is 0 Å². The van der Waals surface area contributed by atoms with E-state index in [-0.39, 0.29) is 20.6 Å². The van der Waals surface area contributed by atoms with Crippen LogP contribution in [0.25, 0.3) is 0 Å². The van der Waals surface area contributed by atoms with Gasteiger partial charge in [0.15, 0.2) is 0 Å². The number of hydrogen-bond acceptors (Lipinski definition) is 2. The van der Waals surface area contributed by atoms with Gasteiger partial charge in [0.25, 0.3) is 5.79 Å². The van der Waals surface area contributed by atoms with Crippen LogP contribution in [0.1, 0.15) is 113 Å². The van der Waals surface area contributed by atoms with Gasteiger partial charge in [-0.15, -0.1) is 0 Å². The van der Waals surface area contributed by atoms with Crippen LogP contribution in [-0.2, 0) is 12.8 Å². The van der Waals surface area contributed by atoms with Crippen LogP contribution in [0, 0.1) is 11.8 Å². The lowest BCUT2D eigenvalue weighted by molar-refractivity contribution is -0.225. The minimum Gasteiger partial charge on any atom is -0.451 e. The van der Waals surface area contributed by atoms with E-state index in [2.05, 4.69) is 119 Å². The highest BCUT2D eigenvalue weighted by Crippen LogP contribution is 2.63. The number of ether oxygens (including phenoxy) is 2. The highest BCUT2D eigenvalue weighted by atomic mass is 31.1. The van der Waals surface area contributed by atoms with Crippen molar-refractivity contribution in [1.29, 1.82) is 0 Å². The molecule has 0 aromatic heterocycles. The van der Waals surface area contributed by atoms with Gasteiger partial charge < -0.3 is 9.47 Å². The van der Waals surface area contributed by atoms with Crippen LogP contribution < -0.4 is 20.1 Å². The summed E-state index contributed by atoms with van der Waals surface area (Å²) in [6.07, 6.45) is 5.74. The van der Waals surface area contributed by atoms with E-state index in [4.69, 9.17) is 9.47 Å². The lowest BCUT2D eigenvalue weighted by atomic mass is 9.68. The van der Waals surface area contributed by atoms with Crippen LogP contribution in [0.4, 0.5) is 0 Å². The van der Waals surface area contributed by atoms with Gasteiger partial charge >= 0.3 is 0 Å². The Morgan fingerprint density at radius 1 is 0.575 bits per heavy atom. The standard InChI is InChI=1S/C36H54O2P2/c1-32(2,3)39(33(4,5)6)28-20-13-16-24-22-26-18-15-19-27-23-25-17-14-21-29(40(34(7,8)9)35(10,11)12)31(25)38-36(26,27)37-30(24)28/h13-14,16-17,20-21,26-27H,15,18-19,22-23H2,1-12H3/t26-,27-,36?/m1/s1. The van der Waals surface area contributed by atoms with Crippen molar-refractivity contribution in [3.8, 4) is 11.5 Å². The van der Waals surface area contributed by atoms with E-state index < -0.39 is 21.6 Å². The number of benzene rings is 2. The molecule has 2 aromatic rings. The Kier molecular flexibility index (Phi) is 7.58. The predicted octanol–water partition coefficient (Wildman–Crippen LogP) is 9.78. The summed E-state index contributed by atoms with van der Waals surface area (Å²) in [7, 11) is -0.965. The molecule has 2 heterocycles. The first-order valence-corrected chi connectivity index (χ1v) is 18.2. The number of rotatable bonds is 2. The first-order chi connectivity index (χ1) is 18.3. The molecule has 2 aromatic carbocycles. The van der Waals surface area contributed by atoms with Gasteiger partial charge in [-0.05, 0) is 57.4 Å². The number of fused-ring (bicyclic) bond motifs is 2. The summed E-state index contributed by atoms with van der Waals surface area (Å²) in [5.74, 6) is 2.51. The van der Waals surface area contributed by atoms with Crippen LogP contribution in [0.3, 0.4) is 0 Å². The second-order valence-electron chi connectivity index (χ2n) is 16.5. The molecule has 0 saturated heterocycles. The van der Waals surface area contributed by atoms with E-state index in [0.29, 0.717) is 11.8 Å².